The first kappa shape index (κ1) is 11.9. The van der Waals surface area contributed by atoms with E-state index in [9.17, 15) is 10.1 Å². The van der Waals surface area contributed by atoms with Crippen LogP contribution in [0, 0.1) is 10.1 Å². The zero-order valence-corrected chi connectivity index (χ0v) is 9.74. The normalized spacial score (nSPS) is 11.4. The second kappa shape index (κ2) is 4.71. The van der Waals surface area contributed by atoms with Gasteiger partial charge < -0.3 is 4.57 Å². The minimum absolute atomic E-state index is 0.0787. The van der Waals surface area contributed by atoms with Crippen LogP contribution in [0.25, 0.3) is 18.3 Å². The van der Waals surface area contributed by atoms with Gasteiger partial charge in [0.05, 0.1) is 10.3 Å². The molecule has 90 valence electrons. The first-order chi connectivity index (χ1) is 8.63. The van der Waals surface area contributed by atoms with Gasteiger partial charge in [0.25, 0.3) is 5.69 Å². The summed E-state index contributed by atoms with van der Waals surface area (Å²) in [6.07, 6.45) is 5.41. The van der Waals surface area contributed by atoms with Gasteiger partial charge in [-0.05, 0) is 29.5 Å². The van der Waals surface area contributed by atoms with Gasteiger partial charge in [0.15, 0.2) is 0 Å². The minimum atomic E-state index is -0.414. The molecule has 0 unspecified atom stereocenters. The van der Waals surface area contributed by atoms with E-state index in [1.54, 1.807) is 18.2 Å². The van der Waals surface area contributed by atoms with Gasteiger partial charge in [-0.3, -0.25) is 10.1 Å². The third kappa shape index (κ3) is 2.08. The van der Waals surface area contributed by atoms with Gasteiger partial charge in [-0.2, -0.15) is 0 Å². The Balaban J connectivity index is 2.56. The molecule has 0 saturated heterocycles. The summed E-state index contributed by atoms with van der Waals surface area (Å²) >= 11 is 0. The van der Waals surface area contributed by atoms with Crippen LogP contribution in [0.1, 0.15) is 0 Å². The van der Waals surface area contributed by atoms with Crippen LogP contribution in [0.2, 0.25) is 0 Å². The molecule has 0 N–H and O–H groups in total. The number of non-ortho nitro benzene ring substituents is 1. The highest BCUT2D eigenvalue weighted by Crippen LogP contribution is 2.13. The lowest BCUT2D eigenvalue weighted by atomic mass is 10.3. The van der Waals surface area contributed by atoms with Crippen LogP contribution >= 0.6 is 0 Å². The van der Waals surface area contributed by atoms with Crippen molar-refractivity contribution in [2.75, 3.05) is 0 Å². The van der Waals surface area contributed by atoms with E-state index in [2.05, 4.69) is 13.2 Å². The van der Waals surface area contributed by atoms with Gasteiger partial charge in [0.2, 0.25) is 0 Å². The van der Waals surface area contributed by atoms with Crippen molar-refractivity contribution in [1.29, 1.82) is 0 Å². The summed E-state index contributed by atoms with van der Waals surface area (Å²) in [5, 5.41) is 12.4. The molecule has 2 aromatic rings. The maximum atomic E-state index is 10.6. The van der Waals surface area contributed by atoms with E-state index in [0.717, 1.165) is 16.3 Å². The fourth-order valence-electron chi connectivity index (χ4n) is 1.74. The number of hydrogen-bond acceptors (Lipinski definition) is 2. The zero-order valence-electron chi connectivity index (χ0n) is 9.74. The van der Waals surface area contributed by atoms with Crippen LogP contribution in [-0.2, 0) is 0 Å². The van der Waals surface area contributed by atoms with E-state index in [-0.39, 0.29) is 5.69 Å². The van der Waals surface area contributed by atoms with E-state index in [1.807, 2.05) is 22.9 Å². The van der Waals surface area contributed by atoms with E-state index < -0.39 is 4.92 Å². The van der Waals surface area contributed by atoms with E-state index in [4.69, 9.17) is 0 Å². The molecule has 18 heavy (non-hydrogen) atoms. The Hall–Kier alpha value is -2.62. The van der Waals surface area contributed by atoms with Crippen molar-refractivity contribution in [2.24, 2.45) is 0 Å². The van der Waals surface area contributed by atoms with Gasteiger partial charge in [-0.25, -0.2) is 0 Å². The van der Waals surface area contributed by atoms with Crippen molar-refractivity contribution in [1.82, 2.24) is 4.57 Å². The lowest BCUT2D eigenvalue weighted by Gasteiger charge is -2.03. The second-order valence-corrected chi connectivity index (χ2v) is 3.77. The number of aromatic nitrogens is 1. The molecule has 0 amide bonds. The lowest BCUT2D eigenvalue weighted by molar-refractivity contribution is -0.384. The largest absolute Gasteiger partial charge is 0.317 e. The highest BCUT2D eigenvalue weighted by molar-refractivity contribution is 5.44. The molecule has 2 rings (SSSR count). The van der Waals surface area contributed by atoms with Gasteiger partial charge in [-0.1, -0.05) is 19.2 Å². The molecule has 0 spiro atoms. The van der Waals surface area contributed by atoms with Crippen molar-refractivity contribution in [2.45, 2.75) is 0 Å². The lowest BCUT2D eigenvalue weighted by Crippen LogP contribution is -2.26. The molecule has 1 aromatic carbocycles. The highest BCUT2D eigenvalue weighted by atomic mass is 16.6. The maximum Gasteiger partial charge on any atom is 0.269 e. The number of nitrogens with zero attached hydrogens (tertiary/aromatic N) is 2. The van der Waals surface area contributed by atoms with Crippen LogP contribution in [0.4, 0.5) is 5.69 Å². The molecule has 0 fully saturated rings. The van der Waals surface area contributed by atoms with E-state index in [0.29, 0.717) is 0 Å². The number of hydrogen-bond donors (Lipinski definition) is 0. The number of nitro benzene ring substituents is 1. The smallest absolute Gasteiger partial charge is 0.269 e. The zero-order chi connectivity index (χ0) is 13.1. The quantitative estimate of drug-likeness (QED) is 0.606. The monoisotopic (exact) mass is 240 g/mol. The van der Waals surface area contributed by atoms with Crippen LogP contribution in [0.15, 0.2) is 49.2 Å². The molecule has 0 radical (unpaired) electrons. The van der Waals surface area contributed by atoms with Crippen LogP contribution in [-0.4, -0.2) is 9.49 Å². The van der Waals surface area contributed by atoms with Gasteiger partial charge in [0, 0.05) is 24.0 Å². The van der Waals surface area contributed by atoms with Crippen LogP contribution < -0.4 is 10.6 Å². The number of allylic oxidation sites excluding steroid dienone is 1. The predicted molar refractivity (Wildman–Crippen MR) is 71.9 cm³/mol. The summed E-state index contributed by atoms with van der Waals surface area (Å²) in [6, 6.07) is 8.26. The molecule has 0 bridgehead atoms. The van der Waals surface area contributed by atoms with Crippen LogP contribution in [0.5, 0.6) is 0 Å². The summed E-state index contributed by atoms with van der Waals surface area (Å²) in [5.41, 5.74) is 0.929. The SMILES string of the molecule is C=C/C=c1\c(=C)ccn1-c1ccc([N+](=O)[O-])cc1. The first-order valence-corrected chi connectivity index (χ1v) is 5.37. The Morgan fingerprint density at radius 2 is 1.89 bits per heavy atom. The third-order valence-corrected chi connectivity index (χ3v) is 2.63. The van der Waals surface area contributed by atoms with Gasteiger partial charge >= 0.3 is 0 Å². The van der Waals surface area contributed by atoms with E-state index in [1.165, 1.54) is 12.1 Å². The Morgan fingerprint density at radius 1 is 1.22 bits per heavy atom. The summed E-state index contributed by atoms with van der Waals surface area (Å²) in [7, 11) is 0. The molecule has 1 aromatic heterocycles. The topological polar surface area (TPSA) is 48.1 Å². The Labute approximate surface area is 104 Å². The highest BCUT2D eigenvalue weighted by Gasteiger charge is 2.05. The van der Waals surface area contributed by atoms with Crippen molar-refractivity contribution in [3.05, 3.63) is 69.9 Å². The molecule has 4 nitrogen and oxygen atoms in total. The molecule has 4 heteroatoms. The van der Waals surface area contributed by atoms with Crippen molar-refractivity contribution >= 4 is 18.3 Å². The molecule has 0 aliphatic heterocycles. The maximum absolute atomic E-state index is 10.6. The van der Waals surface area contributed by atoms with Crippen LogP contribution in [0.3, 0.4) is 0 Å². The third-order valence-electron chi connectivity index (χ3n) is 2.63. The molecule has 1 heterocycles. The Bertz CT molecular complexity index is 696. The Morgan fingerprint density at radius 3 is 2.44 bits per heavy atom. The van der Waals surface area contributed by atoms with Crippen molar-refractivity contribution in [3.8, 4) is 5.69 Å². The number of rotatable bonds is 3. The van der Waals surface area contributed by atoms with Crippen molar-refractivity contribution < 1.29 is 4.92 Å². The molecule has 0 saturated carbocycles. The molecular weight excluding hydrogens is 228 g/mol. The number of nitro groups is 1. The van der Waals surface area contributed by atoms with E-state index >= 15 is 0 Å². The average molecular weight is 240 g/mol. The second-order valence-electron chi connectivity index (χ2n) is 3.77. The molecular formula is C14H12N2O2. The summed E-state index contributed by atoms with van der Waals surface area (Å²) < 4.78 is 1.91. The summed E-state index contributed by atoms with van der Waals surface area (Å²) in [6.45, 7) is 7.59. The Kier molecular flexibility index (Phi) is 3.10. The average Bonchev–Trinajstić information content (AvgIpc) is 2.72. The summed E-state index contributed by atoms with van der Waals surface area (Å²) in [4.78, 5) is 10.2. The molecule has 0 aliphatic rings. The van der Waals surface area contributed by atoms with Gasteiger partial charge in [-0.15, -0.1) is 0 Å². The standard InChI is InChI=1S/C14H12N2O2/c1-3-4-14-11(2)9-10-15(14)12-5-7-13(8-6-12)16(17)18/h3-10H,1-2H2/b14-4+. The van der Waals surface area contributed by atoms with Gasteiger partial charge in [0.1, 0.15) is 0 Å². The number of benzene rings is 1. The van der Waals surface area contributed by atoms with Crippen molar-refractivity contribution in [3.63, 3.8) is 0 Å². The molecule has 0 atom stereocenters. The molecule has 0 aliphatic carbocycles. The summed E-state index contributed by atoms with van der Waals surface area (Å²) in [5.74, 6) is 0. The fourth-order valence-corrected chi connectivity index (χ4v) is 1.74. The predicted octanol–water partition coefficient (Wildman–Crippen LogP) is 1.76. The first-order valence-electron chi connectivity index (χ1n) is 5.37. The fraction of sp³-hybridized carbons (Fsp3) is 0. The minimum Gasteiger partial charge on any atom is -0.317 e.